The number of hydrogen-bond donors (Lipinski definition) is 0. The second-order valence-corrected chi connectivity index (χ2v) is 7.53. The van der Waals surface area contributed by atoms with Crippen LogP contribution < -0.4 is 0 Å². The van der Waals surface area contributed by atoms with E-state index in [1.807, 2.05) is 41.5 Å². The van der Waals surface area contributed by atoms with Crippen LogP contribution in [0.4, 0.5) is 9.59 Å². The van der Waals surface area contributed by atoms with Crippen LogP contribution in [0.15, 0.2) is 12.4 Å². The fraction of sp³-hybridized carbons (Fsp3) is 0.667. The quantitative estimate of drug-likeness (QED) is 0.822. The number of rotatable bonds is 4. The highest BCUT2D eigenvalue weighted by atomic mass is 16.6. The average Bonchev–Trinajstić information content (AvgIpc) is 3.05. The van der Waals surface area contributed by atoms with Crippen LogP contribution >= 0.6 is 0 Å². The third kappa shape index (κ3) is 4.10. The molecule has 2 heterocycles. The molecular weight excluding hydrogens is 308 g/mol. The highest BCUT2D eigenvalue weighted by molar-refractivity contribution is 5.73. The largest absolute Gasteiger partial charge is 0.443 e. The van der Waals surface area contributed by atoms with E-state index in [4.69, 9.17) is 9.47 Å². The molecule has 24 heavy (non-hydrogen) atoms. The van der Waals surface area contributed by atoms with Crippen LogP contribution in [-0.4, -0.2) is 32.9 Å². The van der Waals surface area contributed by atoms with Crippen molar-refractivity contribution in [2.45, 2.75) is 78.7 Å². The summed E-state index contributed by atoms with van der Waals surface area (Å²) in [6, 6.07) is 0. The maximum absolute atomic E-state index is 12.2. The molecule has 1 aliphatic rings. The van der Waals surface area contributed by atoms with Gasteiger partial charge < -0.3 is 9.47 Å². The van der Waals surface area contributed by atoms with E-state index in [0.717, 1.165) is 24.0 Å². The number of carbonyl (C=O) groups excluding carboxylic acids is 2. The summed E-state index contributed by atoms with van der Waals surface area (Å²) < 4.78 is 12.5. The van der Waals surface area contributed by atoms with Crippen LogP contribution in [0.2, 0.25) is 0 Å². The SMILES string of the molecule is CCC(C)(C)OC(=O)N1Cc2cn(C(=O)OC(C)(C)CC)cc2C1. The predicted octanol–water partition coefficient (Wildman–Crippen LogP) is 4.30. The first kappa shape index (κ1) is 18.4. The molecule has 6 nitrogen and oxygen atoms in total. The van der Waals surface area contributed by atoms with Gasteiger partial charge in [-0.15, -0.1) is 0 Å². The molecule has 0 aromatic carbocycles. The standard InChI is InChI=1S/C18H28N2O4/c1-7-17(3,4)23-15(21)19-9-13-11-20(12-14(13)10-19)16(22)24-18(5,6)8-2/h9-10H,7-8,11-12H2,1-6H3. The lowest BCUT2D eigenvalue weighted by atomic mass is 10.1. The summed E-state index contributed by atoms with van der Waals surface area (Å²) in [5, 5.41) is 0. The van der Waals surface area contributed by atoms with Gasteiger partial charge in [0, 0.05) is 12.4 Å². The molecule has 0 atom stereocenters. The van der Waals surface area contributed by atoms with E-state index in [0.29, 0.717) is 13.1 Å². The number of nitrogens with zero attached hydrogens (tertiary/aromatic N) is 2. The van der Waals surface area contributed by atoms with Gasteiger partial charge in [0.05, 0.1) is 13.1 Å². The molecule has 1 amide bonds. The van der Waals surface area contributed by atoms with E-state index in [9.17, 15) is 9.59 Å². The van der Waals surface area contributed by atoms with Crippen molar-refractivity contribution in [3.05, 3.63) is 23.5 Å². The zero-order valence-corrected chi connectivity index (χ0v) is 15.5. The molecular formula is C18H28N2O4. The van der Waals surface area contributed by atoms with Gasteiger partial charge in [0.1, 0.15) is 11.2 Å². The molecule has 2 rings (SSSR count). The first-order valence-electron chi connectivity index (χ1n) is 8.48. The summed E-state index contributed by atoms with van der Waals surface area (Å²) in [6.07, 6.45) is 4.26. The lowest BCUT2D eigenvalue weighted by Crippen LogP contribution is -2.35. The Balaban J connectivity index is 2.00. The van der Waals surface area contributed by atoms with E-state index in [1.54, 1.807) is 17.3 Å². The smallest absolute Gasteiger partial charge is 0.418 e. The number of hydrogen-bond acceptors (Lipinski definition) is 4. The summed E-state index contributed by atoms with van der Waals surface area (Å²) in [7, 11) is 0. The molecule has 0 N–H and O–H groups in total. The molecule has 134 valence electrons. The van der Waals surface area contributed by atoms with Crippen LogP contribution in [-0.2, 0) is 22.6 Å². The van der Waals surface area contributed by atoms with Gasteiger partial charge >= 0.3 is 12.2 Å². The topological polar surface area (TPSA) is 60.8 Å². The Labute approximate surface area is 143 Å². The normalized spacial score (nSPS) is 14.5. The fourth-order valence-electron chi connectivity index (χ4n) is 2.26. The first-order chi connectivity index (χ1) is 11.1. The highest BCUT2D eigenvalue weighted by Crippen LogP contribution is 2.27. The maximum Gasteiger partial charge on any atom is 0.418 e. The fourth-order valence-corrected chi connectivity index (χ4v) is 2.26. The third-order valence-corrected chi connectivity index (χ3v) is 4.62. The Hall–Kier alpha value is -1.98. The van der Waals surface area contributed by atoms with E-state index in [-0.39, 0.29) is 6.09 Å². The Bertz CT molecular complexity index is 607. The number of fused-ring (bicyclic) bond motifs is 1. The Morgan fingerprint density at radius 2 is 1.33 bits per heavy atom. The number of carbonyl (C=O) groups is 2. The number of amides is 1. The Morgan fingerprint density at radius 1 is 0.917 bits per heavy atom. The summed E-state index contributed by atoms with van der Waals surface area (Å²) in [4.78, 5) is 26.1. The van der Waals surface area contributed by atoms with Crippen LogP contribution in [0.25, 0.3) is 0 Å². The first-order valence-corrected chi connectivity index (χ1v) is 8.48. The lowest BCUT2D eigenvalue weighted by molar-refractivity contribution is 0.0105. The maximum atomic E-state index is 12.2. The van der Waals surface area contributed by atoms with Crippen LogP contribution in [0, 0.1) is 0 Å². The molecule has 0 spiro atoms. The van der Waals surface area contributed by atoms with Crippen LogP contribution in [0.1, 0.15) is 65.5 Å². The van der Waals surface area contributed by atoms with Crippen molar-refractivity contribution >= 4 is 12.2 Å². The lowest BCUT2D eigenvalue weighted by Gasteiger charge is -2.27. The molecule has 1 aromatic heterocycles. The van der Waals surface area contributed by atoms with Gasteiger partial charge in [-0.05, 0) is 51.7 Å². The van der Waals surface area contributed by atoms with E-state index in [2.05, 4.69) is 0 Å². The van der Waals surface area contributed by atoms with Gasteiger partial charge in [0.2, 0.25) is 0 Å². The molecule has 1 aromatic rings. The van der Waals surface area contributed by atoms with Crippen LogP contribution in [0.3, 0.4) is 0 Å². The van der Waals surface area contributed by atoms with Crippen molar-refractivity contribution in [1.82, 2.24) is 9.47 Å². The monoisotopic (exact) mass is 336 g/mol. The van der Waals surface area contributed by atoms with E-state index in [1.165, 1.54) is 4.57 Å². The average molecular weight is 336 g/mol. The summed E-state index contributed by atoms with van der Waals surface area (Å²) in [5.41, 5.74) is 0.937. The van der Waals surface area contributed by atoms with Gasteiger partial charge in [0.25, 0.3) is 0 Å². The van der Waals surface area contributed by atoms with Crippen molar-refractivity contribution in [1.29, 1.82) is 0 Å². The second-order valence-electron chi connectivity index (χ2n) is 7.53. The Morgan fingerprint density at radius 3 is 1.75 bits per heavy atom. The van der Waals surface area contributed by atoms with Crippen molar-refractivity contribution in [3.8, 4) is 0 Å². The zero-order valence-electron chi connectivity index (χ0n) is 15.5. The molecule has 0 saturated carbocycles. The van der Waals surface area contributed by atoms with Gasteiger partial charge in [0.15, 0.2) is 0 Å². The van der Waals surface area contributed by atoms with Crippen molar-refractivity contribution < 1.29 is 19.1 Å². The van der Waals surface area contributed by atoms with Gasteiger partial charge in [-0.1, -0.05) is 13.8 Å². The summed E-state index contributed by atoms with van der Waals surface area (Å²) in [5.74, 6) is 0. The minimum atomic E-state index is -0.493. The molecule has 0 aliphatic carbocycles. The van der Waals surface area contributed by atoms with Crippen molar-refractivity contribution in [2.75, 3.05) is 0 Å². The molecule has 1 aliphatic heterocycles. The third-order valence-electron chi connectivity index (χ3n) is 4.62. The molecule has 0 radical (unpaired) electrons. The number of ether oxygens (including phenoxy) is 2. The van der Waals surface area contributed by atoms with Gasteiger partial charge in [-0.3, -0.25) is 9.47 Å². The Kier molecular flexibility index (Phi) is 4.97. The molecule has 0 unspecified atom stereocenters. The second kappa shape index (κ2) is 6.49. The van der Waals surface area contributed by atoms with E-state index < -0.39 is 17.3 Å². The van der Waals surface area contributed by atoms with Gasteiger partial charge in [-0.25, -0.2) is 9.59 Å². The zero-order chi connectivity index (χ0) is 18.1. The minimum absolute atomic E-state index is 0.320. The summed E-state index contributed by atoms with van der Waals surface area (Å²) >= 11 is 0. The highest BCUT2D eigenvalue weighted by Gasteiger charge is 2.31. The van der Waals surface area contributed by atoms with Crippen molar-refractivity contribution in [2.24, 2.45) is 0 Å². The summed E-state index contributed by atoms with van der Waals surface area (Å²) in [6.45, 7) is 12.4. The minimum Gasteiger partial charge on any atom is -0.443 e. The van der Waals surface area contributed by atoms with E-state index >= 15 is 0 Å². The van der Waals surface area contributed by atoms with Gasteiger partial charge in [-0.2, -0.15) is 0 Å². The predicted molar refractivity (Wildman–Crippen MR) is 90.8 cm³/mol. The van der Waals surface area contributed by atoms with Crippen molar-refractivity contribution in [3.63, 3.8) is 0 Å². The molecule has 6 heteroatoms. The number of aromatic nitrogens is 1. The molecule has 0 bridgehead atoms. The van der Waals surface area contributed by atoms with Crippen LogP contribution in [0.5, 0.6) is 0 Å². The molecule has 0 fully saturated rings. The molecule has 0 saturated heterocycles.